The second-order valence-corrected chi connectivity index (χ2v) is 7.43. The molecule has 1 aromatic heterocycles. The van der Waals surface area contributed by atoms with Crippen molar-refractivity contribution in [3.63, 3.8) is 0 Å². The van der Waals surface area contributed by atoms with Gasteiger partial charge in [0, 0.05) is 12.2 Å². The fraction of sp³-hybridized carbons (Fsp3) is 0.368. The van der Waals surface area contributed by atoms with Crippen molar-refractivity contribution in [1.82, 2.24) is 4.90 Å². The molecule has 0 bridgehead atoms. The maximum absolute atomic E-state index is 12.6. The van der Waals surface area contributed by atoms with Crippen molar-refractivity contribution >= 4 is 39.1 Å². The Morgan fingerprint density at radius 3 is 2.74 bits per heavy atom. The van der Waals surface area contributed by atoms with Gasteiger partial charge in [0.2, 0.25) is 0 Å². The minimum Gasteiger partial charge on any atom is -0.479 e. The normalized spacial score (nSPS) is 16.3. The van der Waals surface area contributed by atoms with Crippen molar-refractivity contribution in [2.24, 2.45) is 0 Å². The van der Waals surface area contributed by atoms with E-state index in [9.17, 15) is 9.59 Å². The van der Waals surface area contributed by atoms with Crippen LogP contribution in [0.15, 0.2) is 39.4 Å². The summed E-state index contributed by atoms with van der Waals surface area (Å²) < 4.78 is 11.5. The summed E-state index contributed by atoms with van der Waals surface area (Å²) >= 11 is 3.18. The van der Waals surface area contributed by atoms with E-state index in [0.29, 0.717) is 28.3 Å². The van der Waals surface area contributed by atoms with E-state index in [-0.39, 0.29) is 17.6 Å². The van der Waals surface area contributed by atoms with Gasteiger partial charge in [0.25, 0.3) is 11.8 Å². The number of rotatable bonds is 6. The average Bonchev–Trinajstić information content (AvgIpc) is 3.05. The number of anilines is 2. The first-order valence-electron chi connectivity index (χ1n) is 8.68. The predicted octanol–water partition coefficient (Wildman–Crippen LogP) is 3.36. The molecule has 0 spiro atoms. The summed E-state index contributed by atoms with van der Waals surface area (Å²) in [6.45, 7) is 3.20. The van der Waals surface area contributed by atoms with Gasteiger partial charge in [0.15, 0.2) is 16.5 Å². The molecule has 7 nitrogen and oxygen atoms in total. The number of halogens is 1. The quantitative estimate of drug-likeness (QED) is 0.752. The molecule has 0 fully saturated rings. The van der Waals surface area contributed by atoms with Crippen LogP contribution in [0.3, 0.4) is 0 Å². The standard InChI is InChI=1S/C19H22BrN3O4/c1-12-19(25)23(10-4-9-22(2)3)14-11-13(5-6-15(14)26-12)21-18(24)16-7-8-17(20)27-16/h5-8,11-12H,4,9-10H2,1-3H3,(H,21,24). The van der Waals surface area contributed by atoms with Crippen LogP contribution in [0.2, 0.25) is 0 Å². The zero-order valence-corrected chi connectivity index (χ0v) is 17.1. The van der Waals surface area contributed by atoms with Gasteiger partial charge in [-0.15, -0.1) is 0 Å². The summed E-state index contributed by atoms with van der Waals surface area (Å²) in [5, 5.41) is 2.79. The molecule has 0 aliphatic carbocycles. The molecule has 2 heterocycles. The first kappa shape index (κ1) is 19.4. The molecule has 1 atom stereocenters. The van der Waals surface area contributed by atoms with Crippen molar-refractivity contribution in [2.45, 2.75) is 19.4 Å². The number of furan rings is 1. The molecule has 3 rings (SSSR count). The van der Waals surface area contributed by atoms with Gasteiger partial charge in [0.05, 0.1) is 5.69 Å². The summed E-state index contributed by atoms with van der Waals surface area (Å²) in [6.07, 6.45) is 0.305. The van der Waals surface area contributed by atoms with Crippen LogP contribution >= 0.6 is 15.9 Å². The number of carbonyl (C=O) groups is 2. The van der Waals surface area contributed by atoms with Crippen molar-refractivity contribution in [3.05, 3.63) is 40.8 Å². The molecular weight excluding hydrogens is 414 g/mol. The lowest BCUT2D eigenvalue weighted by molar-refractivity contribution is -0.125. The van der Waals surface area contributed by atoms with Gasteiger partial charge >= 0.3 is 0 Å². The van der Waals surface area contributed by atoms with Crippen molar-refractivity contribution in [2.75, 3.05) is 37.4 Å². The summed E-state index contributed by atoms with van der Waals surface area (Å²) in [5.74, 6) is 0.380. The van der Waals surface area contributed by atoms with E-state index in [1.165, 1.54) is 0 Å². The Morgan fingerprint density at radius 1 is 1.30 bits per heavy atom. The van der Waals surface area contributed by atoms with Crippen molar-refractivity contribution in [1.29, 1.82) is 0 Å². The van der Waals surface area contributed by atoms with E-state index in [2.05, 4.69) is 26.1 Å². The number of nitrogens with zero attached hydrogens (tertiary/aromatic N) is 2. The lowest BCUT2D eigenvalue weighted by atomic mass is 10.1. The van der Waals surface area contributed by atoms with E-state index in [1.54, 1.807) is 42.2 Å². The molecule has 144 valence electrons. The van der Waals surface area contributed by atoms with Gasteiger partial charge in [-0.25, -0.2) is 0 Å². The molecular formula is C19H22BrN3O4. The SMILES string of the molecule is CC1Oc2ccc(NC(=O)c3ccc(Br)o3)cc2N(CCCN(C)C)C1=O. The summed E-state index contributed by atoms with van der Waals surface area (Å²) in [5.41, 5.74) is 1.23. The van der Waals surface area contributed by atoms with Crippen LogP contribution in [0.4, 0.5) is 11.4 Å². The third-order valence-electron chi connectivity index (χ3n) is 4.21. The highest BCUT2D eigenvalue weighted by Gasteiger charge is 2.31. The van der Waals surface area contributed by atoms with Crippen LogP contribution in [0.25, 0.3) is 0 Å². The predicted molar refractivity (Wildman–Crippen MR) is 106 cm³/mol. The number of ether oxygens (including phenoxy) is 1. The second-order valence-electron chi connectivity index (χ2n) is 6.65. The fourth-order valence-corrected chi connectivity index (χ4v) is 3.20. The molecule has 2 aromatic rings. The number of amides is 2. The number of hydrogen-bond donors (Lipinski definition) is 1. The van der Waals surface area contributed by atoms with Crippen LogP contribution in [0.1, 0.15) is 23.9 Å². The summed E-state index contributed by atoms with van der Waals surface area (Å²) in [7, 11) is 4.00. The largest absolute Gasteiger partial charge is 0.479 e. The van der Waals surface area contributed by atoms with Gasteiger partial charge in [-0.2, -0.15) is 0 Å². The molecule has 1 unspecified atom stereocenters. The lowest BCUT2D eigenvalue weighted by Crippen LogP contribution is -2.45. The minimum absolute atomic E-state index is 0.0836. The number of hydrogen-bond acceptors (Lipinski definition) is 5. The van der Waals surface area contributed by atoms with E-state index in [4.69, 9.17) is 9.15 Å². The Bertz CT molecular complexity index is 849. The van der Waals surface area contributed by atoms with Crippen molar-refractivity contribution in [3.8, 4) is 5.75 Å². The van der Waals surface area contributed by atoms with E-state index >= 15 is 0 Å². The Morgan fingerprint density at radius 2 is 2.07 bits per heavy atom. The Hall–Kier alpha value is -2.32. The molecule has 27 heavy (non-hydrogen) atoms. The number of benzene rings is 1. The van der Waals surface area contributed by atoms with E-state index < -0.39 is 6.10 Å². The first-order chi connectivity index (χ1) is 12.8. The van der Waals surface area contributed by atoms with Crippen LogP contribution in [-0.2, 0) is 4.79 Å². The van der Waals surface area contributed by atoms with Crippen LogP contribution in [0.5, 0.6) is 5.75 Å². The molecule has 0 saturated carbocycles. The van der Waals surface area contributed by atoms with Gasteiger partial charge in [-0.05, 0) is 80.2 Å². The van der Waals surface area contributed by atoms with Crippen LogP contribution in [0, 0.1) is 0 Å². The third-order valence-corrected chi connectivity index (χ3v) is 4.64. The molecule has 0 saturated heterocycles. The smallest absolute Gasteiger partial charge is 0.291 e. The molecule has 1 N–H and O–H groups in total. The Balaban J connectivity index is 1.81. The topological polar surface area (TPSA) is 75.0 Å². The van der Waals surface area contributed by atoms with Crippen LogP contribution < -0.4 is 15.0 Å². The Labute approximate surface area is 166 Å². The van der Waals surface area contributed by atoms with E-state index in [0.717, 1.165) is 13.0 Å². The monoisotopic (exact) mass is 435 g/mol. The van der Waals surface area contributed by atoms with Gasteiger partial charge < -0.3 is 24.3 Å². The maximum atomic E-state index is 12.6. The average molecular weight is 436 g/mol. The van der Waals surface area contributed by atoms with E-state index in [1.807, 2.05) is 14.1 Å². The maximum Gasteiger partial charge on any atom is 0.291 e. The number of fused-ring (bicyclic) bond motifs is 1. The third kappa shape index (κ3) is 4.51. The molecule has 1 aromatic carbocycles. The minimum atomic E-state index is -0.530. The first-order valence-corrected chi connectivity index (χ1v) is 9.48. The summed E-state index contributed by atoms with van der Waals surface area (Å²) in [4.78, 5) is 28.7. The van der Waals surface area contributed by atoms with Crippen LogP contribution in [-0.4, -0.2) is 50.0 Å². The zero-order valence-electron chi connectivity index (χ0n) is 15.5. The Kier molecular flexibility index (Phi) is 5.86. The molecule has 1 aliphatic heterocycles. The van der Waals surface area contributed by atoms with Gasteiger partial charge in [-0.3, -0.25) is 9.59 Å². The highest BCUT2D eigenvalue weighted by atomic mass is 79.9. The summed E-state index contributed by atoms with van der Waals surface area (Å²) in [6, 6.07) is 8.51. The number of carbonyl (C=O) groups excluding carboxylic acids is 2. The fourth-order valence-electron chi connectivity index (χ4n) is 2.89. The zero-order chi connectivity index (χ0) is 19.6. The number of nitrogens with one attached hydrogen (secondary N) is 1. The van der Waals surface area contributed by atoms with Gasteiger partial charge in [0.1, 0.15) is 5.75 Å². The highest BCUT2D eigenvalue weighted by molar-refractivity contribution is 9.10. The molecule has 8 heteroatoms. The second kappa shape index (κ2) is 8.14. The lowest BCUT2D eigenvalue weighted by Gasteiger charge is -2.33. The van der Waals surface area contributed by atoms with Crippen molar-refractivity contribution < 1.29 is 18.7 Å². The van der Waals surface area contributed by atoms with Gasteiger partial charge in [-0.1, -0.05) is 0 Å². The molecule has 2 amide bonds. The highest BCUT2D eigenvalue weighted by Crippen LogP contribution is 2.36. The molecule has 1 aliphatic rings. The molecule has 0 radical (unpaired) electrons.